The highest BCUT2D eigenvalue weighted by Gasteiger charge is 2.11. The zero-order valence-corrected chi connectivity index (χ0v) is 7.40. The van der Waals surface area contributed by atoms with Gasteiger partial charge in [-0.3, -0.25) is 0 Å². The van der Waals surface area contributed by atoms with Crippen LogP contribution in [-0.4, -0.2) is 11.1 Å². The summed E-state index contributed by atoms with van der Waals surface area (Å²) in [6.45, 7) is 3.41. The molecule has 0 aliphatic carbocycles. The number of carbonyl (C=O) groups is 1. The maximum atomic E-state index is 13.1. The summed E-state index contributed by atoms with van der Waals surface area (Å²) < 4.78 is 13.1. The lowest BCUT2D eigenvalue weighted by molar-refractivity contribution is 0.0696. The molecule has 1 atom stereocenters. The number of aromatic carboxylic acids is 1. The number of rotatable bonds is 3. The van der Waals surface area contributed by atoms with Crippen molar-refractivity contribution in [1.29, 1.82) is 0 Å². The van der Waals surface area contributed by atoms with Gasteiger partial charge in [-0.15, -0.1) is 6.58 Å². The second-order valence-corrected chi connectivity index (χ2v) is 2.80. The molecule has 0 bridgehead atoms. The molecule has 1 aromatic rings. The van der Waals surface area contributed by atoms with E-state index in [9.17, 15) is 9.18 Å². The predicted octanol–water partition coefficient (Wildman–Crippen LogP) is 1.71. The first kappa shape index (κ1) is 10.4. The predicted molar refractivity (Wildman–Crippen MR) is 50.5 cm³/mol. The van der Waals surface area contributed by atoms with Crippen LogP contribution in [0.3, 0.4) is 0 Å². The van der Waals surface area contributed by atoms with Crippen molar-refractivity contribution in [1.82, 2.24) is 0 Å². The van der Waals surface area contributed by atoms with E-state index in [2.05, 4.69) is 6.58 Å². The van der Waals surface area contributed by atoms with Crippen molar-refractivity contribution in [2.75, 3.05) is 0 Å². The molecule has 0 aliphatic rings. The van der Waals surface area contributed by atoms with Crippen molar-refractivity contribution in [2.24, 2.45) is 5.73 Å². The van der Waals surface area contributed by atoms with Gasteiger partial charge in [0.05, 0.1) is 11.6 Å². The van der Waals surface area contributed by atoms with E-state index in [0.29, 0.717) is 0 Å². The van der Waals surface area contributed by atoms with Crippen LogP contribution in [0, 0.1) is 5.82 Å². The van der Waals surface area contributed by atoms with Crippen LogP contribution in [-0.2, 0) is 0 Å². The van der Waals surface area contributed by atoms with Crippen LogP contribution in [0.5, 0.6) is 0 Å². The zero-order chi connectivity index (χ0) is 10.7. The minimum absolute atomic E-state index is 0.0127. The van der Waals surface area contributed by atoms with E-state index in [1.807, 2.05) is 0 Å². The second-order valence-electron chi connectivity index (χ2n) is 2.80. The summed E-state index contributed by atoms with van der Waals surface area (Å²) in [4.78, 5) is 10.6. The van der Waals surface area contributed by atoms with Crippen LogP contribution < -0.4 is 5.73 Å². The molecule has 1 rings (SSSR count). The molecule has 3 N–H and O–H groups in total. The van der Waals surface area contributed by atoms with Crippen LogP contribution in [0.1, 0.15) is 22.0 Å². The van der Waals surface area contributed by atoms with E-state index in [0.717, 1.165) is 6.07 Å². The van der Waals surface area contributed by atoms with Crippen LogP contribution in [0.15, 0.2) is 30.9 Å². The molecule has 0 radical (unpaired) electrons. The fourth-order valence-corrected chi connectivity index (χ4v) is 1.06. The highest BCUT2D eigenvalue weighted by Crippen LogP contribution is 2.17. The Morgan fingerprint density at radius 1 is 1.64 bits per heavy atom. The molecule has 3 nitrogen and oxygen atoms in total. The van der Waals surface area contributed by atoms with Gasteiger partial charge in [0.1, 0.15) is 5.82 Å². The van der Waals surface area contributed by atoms with Crippen LogP contribution in [0.4, 0.5) is 4.39 Å². The maximum absolute atomic E-state index is 13.1. The van der Waals surface area contributed by atoms with Gasteiger partial charge in [0.15, 0.2) is 0 Å². The average molecular weight is 195 g/mol. The lowest BCUT2D eigenvalue weighted by atomic mass is 10.0. The lowest BCUT2D eigenvalue weighted by Gasteiger charge is -2.08. The van der Waals surface area contributed by atoms with Gasteiger partial charge < -0.3 is 10.8 Å². The normalized spacial score (nSPS) is 12.1. The maximum Gasteiger partial charge on any atom is 0.335 e. The first-order valence-electron chi connectivity index (χ1n) is 3.97. The van der Waals surface area contributed by atoms with E-state index in [4.69, 9.17) is 10.8 Å². The number of carboxylic acid groups (broad SMARTS) is 1. The van der Waals surface area contributed by atoms with Crippen LogP contribution in [0.2, 0.25) is 0 Å². The number of hydrogen-bond donors (Lipinski definition) is 2. The average Bonchev–Trinajstić information content (AvgIpc) is 2.17. The Morgan fingerprint density at radius 2 is 2.29 bits per heavy atom. The fraction of sp³-hybridized carbons (Fsp3) is 0.100. The smallest absolute Gasteiger partial charge is 0.335 e. The molecule has 0 aliphatic heterocycles. The Hall–Kier alpha value is -1.68. The van der Waals surface area contributed by atoms with Gasteiger partial charge >= 0.3 is 5.97 Å². The molecule has 4 heteroatoms. The van der Waals surface area contributed by atoms with Crippen LogP contribution in [0.25, 0.3) is 0 Å². The molecular formula is C10H10FNO2. The number of halogens is 1. The van der Waals surface area contributed by atoms with Crippen molar-refractivity contribution < 1.29 is 14.3 Å². The van der Waals surface area contributed by atoms with E-state index < -0.39 is 17.8 Å². The van der Waals surface area contributed by atoms with E-state index >= 15 is 0 Å². The van der Waals surface area contributed by atoms with Crippen molar-refractivity contribution in [2.45, 2.75) is 6.04 Å². The van der Waals surface area contributed by atoms with Crippen molar-refractivity contribution in [3.63, 3.8) is 0 Å². The molecule has 0 amide bonds. The standard InChI is InChI=1S/C10H10FNO2/c1-2-9(12)7-5-6(10(13)14)3-4-8(7)11/h2-5,9H,1,12H2,(H,13,14)/t9-/m0/s1. The quantitative estimate of drug-likeness (QED) is 0.721. The summed E-state index contributed by atoms with van der Waals surface area (Å²) in [6.07, 6.45) is 1.35. The Labute approximate surface area is 80.7 Å². The van der Waals surface area contributed by atoms with Crippen molar-refractivity contribution >= 4 is 5.97 Å². The molecular weight excluding hydrogens is 185 g/mol. The van der Waals surface area contributed by atoms with Gasteiger partial charge in [-0.25, -0.2) is 9.18 Å². The third kappa shape index (κ3) is 1.97. The summed E-state index contributed by atoms with van der Waals surface area (Å²) in [6, 6.07) is 2.80. The van der Waals surface area contributed by atoms with Gasteiger partial charge in [-0.1, -0.05) is 6.08 Å². The Bertz CT molecular complexity index is 376. The fourth-order valence-electron chi connectivity index (χ4n) is 1.06. The Balaban J connectivity index is 3.20. The molecule has 74 valence electrons. The summed E-state index contributed by atoms with van der Waals surface area (Å²) in [7, 11) is 0. The van der Waals surface area contributed by atoms with Gasteiger partial charge in [-0.2, -0.15) is 0 Å². The SMILES string of the molecule is C=C[C@H](N)c1cc(C(=O)O)ccc1F. The Morgan fingerprint density at radius 3 is 2.79 bits per heavy atom. The number of hydrogen-bond acceptors (Lipinski definition) is 2. The molecule has 0 spiro atoms. The van der Waals surface area contributed by atoms with Crippen LogP contribution >= 0.6 is 0 Å². The van der Waals surface area contributed by atoms with Gasteiger partial charge in [-0.05, 0) is 18.2 Å². The monoisotopic (exact) mass is 195 g/mol. The summed E-state index contributed by atoms with van der Waals surface area (Å²) >= 11 is 0. The minimum Gasteiger partial charge on any atom is -0.478 e. The van der Waals surface area contributed by atoms with E-state index in [1.165, 1.54) is 18.2 Å². The molecule has 0 unspecified atom stereocenters. The van der Waals surface area contributed by atoms with E-state index in [1.54, 1.807) is 0 Å². The van der Waals surface area contributed by atoms with Gasteiger partial charge in [0.2, 0.25) is 0 Å². The van der Waals surface area contributed by atoms with Crippen molar-refractivity contribution in [3.05, 3.63) is 47.8 Å². The second kappa shape index (κ2) is 4.02. The number of nitrogens with two attached hydrogens (primary N) is 1. The third-order valence-electron chi connectivity index (χ3n) is 1.86. The lowest BCUT2D eigenvalue weighted by Crippen LogP contribution is -2.10. The minimum atomic E-state index is -1.11. The highest BCUT2D eigenvalue weighted by molar-refractivity contribution is 5.87. The molecule has 0 fully saturated rings. The topological polar surface area (TPSA) is 63.3 Å². The van der Waals surface area contributed by atoms with Gasteiger partial charge in [0, 0.05) is 5.56 Å². The molecule has 0 saturated carbocycles. The first-order chi connectivity index (χ1) is 6.56. The Kier molecular flexibility index (Phi) is 2.99. The third-order valence-corrected chi connectivity index (χ3v) is 1.86. The highest BCUT2D eigenvalue weighted by atomic mass is 19.1. The summed E-state index contributed by atoms with van der Waals surface area (Å²) in [5.74, 6) is -1.63. The van der Waals surface area contributed by atoms with Crippen molar-refractivity contribution in [3.8, 4) is 0 Å². The molecule has 0 aromatic heterocycles. The van der Waals surface area contributed by atoms with Gasteiger partial charge in [0.25, 0.3) is 0 Å². The summed E-state index contributed by atoms with van der Waals surface area (Å²) in [5.41, 5.74) is 5.66. The van der Waals surface area contributed by atoms with E-state index in [-0.39, 0.29) is 11.1 Å². The zero-order valence-electron chi connectivity index (χ0n) is 7.40. The first-order valence-corrected chi connectivity index (χ1v) is 3.97. The number of benzene rings is 1. The molecule has 0 saturated heterocycles. The largest absolute Gasteiger partial charge is 0.478 e. The molecule has 1 aromatic carbocycles. The molecule has 0 heterocycles. The number of carboxylic acids is 1. The summed E-state index contributed by atoms with van der Waals surface area (Å²) in [5, 5.41) is 8.67. The molecule has 14 heavy (non-hydrogen) atoms.